The lowest BCUT2D eigenvalue weighted by molar-refractivity contribution is 0.480. The molecule has 0 aliphatic rings. The van der Waals surface area contributed by atoms with Crippen molar-refractivity contribution in [1.82, 2.24) is 10.2 Å². The van der Waals surface area contributed by atoms with Gasteiger partial charge in [0, 0.05) is 24.5 Å². The minimum absolute atomic E-state index is 0.379. The second-order valence-electron chi connectivity index (χ2n) is 4.31. The van der Waals surface area contributed by atoms with Gasteiger partial charge in [-0.15, -0.1) is 11.8 Å². The lowest BCUT2D eigenvalue weighted by atomic mass is 10.2. The maximum atomic E-state index is 5.31. The highest BCUT2D eigenvalue weighted by Crippen LogP contribution is 2.15. The van der Waals surface area contributed by atoms with Gasteiger partial charge >= 0.3 is 0 Å². The summed E-state index contributed by atoms with van der Waals surface area (Å²) in [4.78, 5) is 3.35. The summed E-state index contributed by atoms with van der Waals surface area (Å²) in [6.07, 6.45) is 2.09. The van der Waals surface area contributed by atoms with E-state index in [1.54, 1.807) is 11.8 Å². The normalized spacial score (nSPS) is 10.4. The molecule has 0 spiro atoms. The maximum Gasteiger partial charge on any atom is 0.169 e. The molecule has 0 radical (unpaired) electrons. The Labute approximate surface area is 114 Å². The number of thioether (sulfide) groups is 1. The van der Waals surface area contributed by atoms with E-state index in [1.165, 1.54) is 10.5 Å². The number of benzene rings is 1. The minimum atomic E-state index is 0.379. The van der Waals surface area contributed by atoms with Crippen molar-refractivity contribution in [3.8, 4) is 0 Å². The van der Waals surface area contributed by atoms with E-state index in [4.69, 9.17) is 12.2 Å². The van der Waals surface area contributed by atoms with E-state index in [0.29, 0.717) is 6.04 Å². The van der Waals surface area contributed by atoms with E-state index in [2.05, 4.69) is 54.6 Å². The standard InChI is InChI=1S/C13H20N2S2/c1-10(2)14-13(16)15(3)9-11-5-7-12(17-4)8-6-11/h5-8,10H,9H2,1-4H3,(H,14,16). The number of hydrogen-bond acceptors (Lipinski definition) is 2. The summed E-state index contributed by atoms with van der Waals surface area (Å²) in [5.74, 6) is 0. The van der Waals surface area contributed by atoms with Crippen LogP contribution in [0.1, 0.15) is 19.4 Å². The number of hydrogen-bond donors (Lipinski definition) is 1. The largest absolute Gasteiger partial charge is 0.360 e. The molecule has 0 bridgehead atoms. The summed E-state index contributed by atoms with van der Waals surface area (Å²) in [5, 5.41) is 4.04. The van der Waals surface area contributed by atoms with Crippen LogP contribution in [-0.2, 0) is 6.54 Å². The van der Waals surface area contributed by atoms with E-state index < -0.39 is 0 Å². The molecule has 1 aromatic rings. The molecule has 0 aliphatic heterocycles. The first-order valence-corrected chi connectivity index (χ1v) is 7.30. The van der Waals surface area contributed by atoms with Crippen molar-refractivity contribution >= 4 is 29.1 Å². The lowest BCUT2D eigenvalue weighted by Gasteiger charge is -2.22. The van der Waals surface area contributed by atoms with E-state index in [0.717, 1.165) is 11.7 Å². The first-order chi connectivity index (χ1) is 8.02. The molecule has 17 heavy (non-hydrogen) atoms. The van der Waals surface area contributed by atoms with Crippen LogP contribution in [-0.4, -0.2) is 29.4 Å². The van der Waals surface area contributed by atoms with Gasteiger partial charge in [-0.1, -0.05) is 12.1 Å². The summed E-state index contributed by atoms with van der Waals surface area (Å²) >= 11 is 7.07. The zero-order valence-electron chi connectivity index (χ0n) is 10.9. The van der Waals surface area contributed by atoms with Crippen LogP contribution >= 0.6 is 24.0 Å². The third kappa shape index (κ3) is 4.96. The van der Waals surface area contributed by atoms with Gasteiger partial charge in [-0.25, -0.2) is 0 Å². The number of nitrogens with one attached hydrogen (secondary N) is 1. The fraction of sp³-hybridized carbons (Fsp3) is 0.462. The van der Waals surface area contributed by atoms with Crippen molar-refractivity contribution in [2.45, 2.75) is 31.3 Å². The van der Waals surface area contributed by atoms with E-state index >= 15 is 0 Å². The van der Waals surface area contributed by atoms with Crippen LogP contribution in [0.15, 0.2) is 29.2 Å². The van der Waals surface area contributed by atoms with Gasteiger partial charge in [0.25, 0.3) is 0 Å². The minimum Gasteiger partial charge on any atom is -0.360 e. The maximum absolute atomic E-state index is 5.31. The Morgan fingerprint density at radius 1 is 1.35 bits per heavy atom. The van der Waals surface area contributed by atoms with E-state index in [9.17, 15) is 0 Å². The van der Waals surface area contributed by atoms with Crippen LogP contribution in [0.5, 0.6) is 0 Å². The smallest absolute Gasteiger partial charge is 0.169 e. The molecule has 94 valence electrons. The van der Waals surface area contributed by atoms with E-state index in [1.807, 2.05) is 7.05 Å². The van der Waals surface area contributed by atoms with Gasteiger partial charge in [0.15, 0.2) is 5.11 Å². The van der Waals surface area contributed by atoms with Crippen LogP contribution in [0.4, 0.5) is 0 Å². The van der Waals surface area contributed by atoms with Crippen LogP contribution in [0, 0.1) is 0 Å². The fourth-order valence-corrected chi connectivity index (χ4v) is 2.14. The molecular formula is C13H20N2S2. The van der Waals surface area contributed by atoms with Gasteiger partial charge in [0.1, 0.15) is 0 Å². The summed E-state index contributed by atoms with van der Waals surface area (Å²) in [7, 11) is 2.01. The summed E-state index contributed by atoms with van der Waals surface area (Å²) in [6, 6.07) is 8.98. The van der Waals surface area contributed by atoms with Gasteiger partial charge < -0.3 is 10.2 Å². The number of rotatable bonds is 4. The second kappa shape index (κ2) is 6.87. The summed E-state index contributed by atoms with van der Waals surface area (Å²) in [6.45, 7) is 5.02. The highest BCUT2D eigenvalue weighted by atomic mass is 32.2. The van der Waals surface area contributed by atoms with Crippen molar-refractivity contribution < 1.29 is 0 Å². The van der Waals surface area contributed by atoms with E-state index in [-0.39, 0.29) is 0 Å². The molecule has 2 nitrogen and oxygen atoms in total. The monoisotopic (exact) mass is 268 g/mol. The molecule has 1 N–H and O–H groups in total. The zero-order chi connectivity index (χ0) is 12.8. The second-order valence-corrected chi connectivity index (χ2v) is 5.57. The molecule has 4 heteroatoms. The Morgan fingerprint density at radius 2 is 1.94 bits per heavy atom. The molecular weight excluding hydrogens is 248 g/mol. The average molecular weight is 268 g/mol. The Balaban J connectivity index is 2.55. The van der Waals surface area contributed by atoms with Gasteiger partial charge in [-0.2, -0.15) is 0 Å². The SMILES string of the molecule is CSc1ccc(CN(C)C(=S)NC(C)C)cc1. The molecule has 0 saturated heterocycles. The van der Waals surface area contributed by atoms with Crippen molar-refractivity contribution in [3.05, 3.63) is 29.8 Å². The molecule has 0 aliphatic carbocycles. The predicted molar refractivity (Wildman–Crippen MR) is 80.6 cm³/mol. The quantitative estimate of drug-likeness (QED) is 0.666. The molecule has 0 saturated carbocycles. The summed E-state index contributed by atoms with van der Waals surface area (Å²) in [5.41, 5.74) is 1.28. The zero-order valence-corrected chi connectivity index (χ0v) is 12.5. The molecule has 0 unspecified atom stereocenters. The third-order valence-corrected chi connectivity index (χ3v) is 3.51. The fourth-order valence-electron chi connectivity index (χ4n) is 1.43. The predicted octanol–water partition coefficient (Wildman–Crippen LogP) is 3.12. The first kappa shape index (κ1) is 14.3. The highest BCUT2D eigenvalue weighted by molar-refractivity contribution is 7.98. The Kier molecular flexibility index (Phi) is 5.78. The summed E-state index contributed by atoms with van der Waals surface area (Å²) < 4.78 is 0. The average Bonchev–Trinajstić information content (AvgIpc) is 2.29. The van der Waals surface area contributed by atoms with Crippen LogP contribution in [0.2, 0.25) is 0 Å². The molecule has 0 fully saturated rings. The lowest BCUT2D eigenvalue weighted by Crippen LogP contribution is -2.40. The Hall–Kier alpha value is -0.740. The van der Waals surface area contributed by atoms with Gasteiger partial charge in [-0.05, 0) is 50.0 Å². The Bertz CT molecular complexity index is 360. The molecule has 0 amide bonds. The van der Waals surface area contributed by atoms with Crippen LogP contribution in [0.25, 0.3) is 0 Å². The topological polar surface area (TPSA) is 15.3 Å². The molecule has 1 aromatic carbocycles. The van der Waals surface area contributed by atoms with Gasteiger partial charge in [-0.3, -0.25) is 0 Å². The third-order valence-electron chi connectivity index (χ3n) is 2.34. The van der Waals surface area contributed by atoms with Crippen molar-refractivity contribution in [1.29, 1.82) is 0 Å². The van der Waals surface area contributed by atoms with Gasteiger partial charge in [0.2, 0.25) is 0 Å². The van der Waals surface area contributed by atoms with Crippen molar-refractivity contribution in [2.75, 3.05) is 13.3 Å². The number of nitrogens with zero attached hydrogens (tertiary/aromatic N) is 1. The Morgan fingerprint density at radius 3 is 2.41 bits per heavy atom. The van der Waals surface area contributed by atoms with Crippen molar-refractivity contribution in [2.24, 2.45) is 0 Å². The number of thiocarbonyl (C=S) groups is 1. The van der Waals surface area contributed by atoms with Crippen molar-refractivity contribution in [3.63, 3.8) is 0 Å². The van der Waals surface area contributed by atoms with Gasteiger partial charge in [0.05, 0.1) is 0 Å². The molecule has 1 rings (SSSR count). The highest BCUT2D eigenvalue weighted by Gasteiger charge is 2.05. The molecule has 0 aromatic heterocycles. The first-order valence-electron chi connectivity index (χ1n) is 5.67. The molecule has 0 heterocycles. The van der Waals surface area contributed by atoms with Crippen LogP contribution < -0.4 is 5.32 Å². The van der Waals surface area contributed by atoms with Crippen LogP contribution in [0.3, 0.4) is 0 Å². The molecule has 0 atom stereocenters.